The standard InChI is InChI=1S/C14H28N2O/c1-5-10(3)11(4)16-14(17)12-8-9(2)6-7-13(12)15/h9-13H,5-8,15H2,1-4H3,(H,16,17). The number of nitrogens with two attached hydrogens (primary N) is 1. The van der Waals surface area contributed by atoms with Gasteiger partial charge < -0.3 is 11.1 Å². The van der Waals surface area contributed by atoms with Gasteiger partial charge in [-0.05, 0) is 38.0 Å². The summed E-state index contributed by atoms with van der Waals surface area (Å²) in [5.41, 5.74) is 6.07. The van der Waals surface area contributed by atoms with Crippen molar-refractivity contribution in [3.63, 3.8) is 0 Å². The van der Waals surface area contributed by atoms with Crippen LogP contribution in [0.25, 0.3) is 0 Å². The molecule has 3 N–H and O–H groups in total. The summed E-state index contributed by atoms with van der Waals surface area (Å²) in [5.74, 6) is 1.34. The Bertz CT molecular complexity index is 255. The fourth-order valence-electron chi connectivity index (χ4n) is 2.53. The zero-order chi connectivity index (χ0) is 13.0. The Hall–Kier alpha value is -0.570. The molecule has 3 heteroatoms. The van der Waals surface area contributed by atoms with Gasteiger partial charge in [0.25, 0.3) is 0 Å². The predicted molar refractivity (Wildman–Crippen MR) is 71.5 cm³/mol. The molecule has 100 valence electrons. The van der Waals surface area contributed by atoms with Gasteiger partial charge in [0.2, 0.25) is 5.91 Å². The van der Waals surface area contributed by atoms with Crippen LogP contribution in [-0.2, 0) is 4.79 Å². The maximum absolute atomic E-state index is 12.2. The van der Waals surface area contributed by atoms with Crippen molar-refractivity contribution in [2.45, 2.75) is 65.5 Å². The van der Waals surface area contributed by atoms with E-state index in [1.165, 1.54) is 0 Å². The minimum absolute atomic E-state index is 0.0188. The molecule has 0 radical (unpaired) electrons. The molecule has 0 aromatic rings. The molecule has 3 nitrogen and oxygen atoms in total. The molecule has 0 aromatic heterocycles. The number of nitrogens with one attached hydrogen (secondary N) is 1. The Labute approximate surface area is 106 Å². The van der Waals surface area contributed by atoms with Crippen LogP contribution in [0, 0.1) is 17.8 Å². The molecular weight excluding hydrogens is 212 g/mol. The van der Waals surface area contributed by atoms with E-state index in [1.54, 1.807) is 0 Å². The SMILES string of the molecule is CCC(C)C(C)NC(=O)C1CC(C)CCC1N. The lowest BCUT2D eigenvalue weighted by molar-refractivity contribution is -0.127. The Morgan fingerprint density at radius 2 is 2.06 bits per heavy atom. The summed E-state index contributed by atoms with van der Waals surface area (Å²) in [6.45, 7) is 8.63. The first-order valence-electron chi connectivity index (χ1n) is 7.01. The van der Waals surface area contributed by atoms with Gasteiger partial charge in [-0.15, -0.1) is 0 Å². The Balaban J connectivity index is 2.51. The second-order valence-corrected chi connectivity index (χ2v) is 5.87. The number of carbonyl (C=O) groups excluding carboxylic acids is 1. The molecule has 0 saturated heterocycles. The number of rotatable bonds is 4. The molecule has 5 unspecified atom stereocenters. The quantitative estimate of drug-likeness (QED) is 0.792. The van der Waals surface area contributed by atoms with Gasteiger partial charge in [-0.3, -0.25) is 4.79 Å². The van der Waals surface area contributed by atoms with Crippen LogP contribution in [0.5, 0.6) is 0 Å². The Morgan fingerprint density at radius 3 is 2.65 bits per heavy atom. The van der Waals surface area contributed by atoms with E-state index in [-0.39, 0.29) is 23.9 Å². The first-order valence-corrected chi connectivity index (χ1v) is 7.01. The molecule has 1 saturated carbocycles. The molecule has 17 heavy (non-hydrogen) atoms. The summed E-state index contributed by atoms with van der Waals surface area (Å²) < 4.78 is 0. The van der Waals surface area contributed by atoms with Crippen molar-refractivity contribution >= 4 is 5.91 Å². The molecule has 0 bridgehead atoms. The van der Waals surface area contributed by atoms with E-state index in [1.807, 2.05) is 0 Å². The third-order valence-corrected chi connectivity index (χ3v) is 4.37. The van der Waals surface area contributed by atoms with E-state index in [0.29, 0.717) is 11.8 Å². The van der Waals surface area contributed by atoms with Crippen LogP contribution in [0.2, 0.25) is 0 Å². The molecular formula is C14H28N2O. The van der Waals surface area contributed by atoms with Crippen molar-refractivity contribution in [2.75, 3.05) is 0 Å². The van der Waals surface area contributed by atoms with Gasteiger partial charge in [-0.2, -0.15) is 0 Å². The van der Waals surface area contributed by atoms with Crippen LogP contribution in [-0.4, -0.2) is 18.0 Å². The highest BCUT2D eigenvalue weighted by atomic mass is 16.2. The van der Waals surface area contributed by atoms with E-state index >= 15 is 0 Å². The average Bonchev–Trinajstić information content (AvgIpc) is 2.30. The maximum Gasteiger partial charge on any atom is 0.224 e. The van der Waals surface area contributed by atoms with Crippen LogP contribution in [0.15, 0.2) is 0 Å². The van der Waals surface area contributed by atoms with Crippen LogP contribution >= 0.6 is 0 Å². The zero-order valence-corrected chi connectivity index (χ0v) is 11.7. The Kier molecular flexibility index (Phi) is 5.44. The molecule has 5 atom stereocenters. The van der Waals surface area contributed by atoms with Crippen LogP contribution < -0.4 is 11.1 Å². The van der Waals surface area contributed by atoms with Gasteiger partial charge in [0, 0.05) is 12.1 Å². The molecule has 1 aliphatic carbocycles. The summed E-state index contributed by atoms with van der Waals surface area (Å²) in [4.78, 5) is 12.2. The summed E-state index contributed by atoms with van der Waals surface area (Å²) in [5, 5.41) is 3.13. The van der Waals surface area contributed by atoms with Crippen molar-refractivity contribution in [2.24, 2.45) is 23.5 Å². The molecule has 0 aromatic carbocycles. The average molecular weight is 240 g/mol. The second kappa shape index (κ2) is 6.39. The molecule has 1 fully saturated rings. The van der Waals surface area contributed by atoms with Crippen LogP contribution in [0.1, 0.15) is 53.4 Å². The number of hydrogen-bond donors (Lipinski definition) is 2. The van der Waals surface area contributed by atoms with Crippen molar-refractivity contribution in [1.82, 2.24) is 5.32 Å². The van der Waals surface area contributed by atoms with E-state index in [9.17, 15) is 4.79 Å². The van der Waals surface area contributed by atoms with E-state index in [4.69, 9.17) is 5.73 Å². The predicted octanol–water partition coefficient (Wildman–Crippen LogP) is 2.30. The minimum atomic E-state index is 0.0188. The zero-order valence-electron chi connectivity index (χ0n) is 11.7. The highest BCUT2D eigenvalue weighted by Gasteiger charge is 2.32. The lowest BCUT2D eigenvalue weighted by Crippen LogP contribution is -2.48. The largest absolute Gasteiger partial charge is 0.353 e. The molecule has 0 aliphatic heterocycles. The van der Waals surface area contributed by atoms with E-state index in [0.717, 1.165) is 25.7 Å². The van der Waals surface area contributed by atoms with Gasteiger partial charge in [-0.25, -0.2) is 0 Å². The van der Waals surface area contributed by atoms with E-state index < -0.39 is 0 Å². The summed E-state index contributed by atoms with van der Waals surface area (Å²) in [7, 11) is 0. The summed E-state index contributed by atoms with van der Waals surface area (Å²) in [6, 6.07) is 0.298. The number of hydrogen-bond acceptors (Lipinski definition) is 2. The summed E-state index contributed by atoms with van der Waals surface area (Å²) >= 11 is 0. The second-order valence-electron chi connectivity index (χ2n) is 5.87. The topological polar surface area (TPSA) is 55.1 Å². The summed E-state index contributed by atoms with van der Waals surface area (Å²) in [6.07, 6.45) is 4.18. The van der Waals surface area contributed by atoms with Gasteiger partial charge >= 0.3 is 0 Å². The molecule has 1 aliphatic rings. The van der Waals surface area contributed by atoms with E-state index in [2.05, 4.69) is 33.0 Å². The monoisotopic (exact) mass is 240 g/mol. The lowest BCUT2D eigenvalue weighted by Gasteiger charge is -2.33. The normalized spacial score (nSPS) is 32.9. The van der Waals surface area contributed by atoms with Crippen molar-refractivity contribution < 1.29 is 4.79 Å². The molecule has 1 amide bonds. The maximum atomic E-state index is 12.2. The first-order chi connectivity index (χ1) is 7.95. The Morgan fingerprint density at radius 1 is 1.41 bits per heavy atom. The minimum Gasteiger partial charge on any atom is -0.353 e. The van der Waals surface area contributed by atoms with Crippen LogP contribution in [0.3, 0.4) is 0 Å². The molecule has 0 heterocycles. The fourth-order valence-corrected chi connectivity index (χ4v) is 2.53. The van der Waals surface area contributed by atoms with Crippen LogP contribution in [0.4, 0.5) is 0 Å². The fraction of sp³-hybridized carbons (Fsp3) is 0.929. The third kappa shape index (κ3) is 3.98. The number of amides is 1. The molecule has 0 spiro atoms. The highest BCUT2D eigenvalue weighted by molar-refractivity contribution is 5.79. The van der Waals surface area contributed by atoms with Crippen molar-refractivity contribution in [1.29, 1.82) is 0 Å². The van der Waals surface area contributed by atoms with Gasteiger partial charge in [0.1, 0.15) is 0 Å². The lowest BCUT2D eigenvalue weighted by atomic mass is 9.78. The molecule has 1 rings (SSSR count). The third-order valence-electron chi connectivity index (χ3n) is 4.37. The smallest absolute Gasteiger partial charge is 0.224 e. The van der Waals surface area contributed by atoms with Gasteiger partial charge in [-0.1, -0.05) is 27.2 Å². The van der Waals surface area contributed by atoms with Crippen molar-refractivity contribution in [3.8, 4) is 0 Å². The van der Waals surface area contributed by atoms with Gasteiger partial charge in [0.15, 0.2) is 0 Å². The first kappa shape index (κ1) is 14.5. The highest BCUT2D eigenvalue weighted by Crippen LogP contribution is 2.28. The van der Waals surface area contributed by atoms with Gasteiger partial charge in [0.05, 0.1) is 5.92 Å². The number of carbonyl (C=O) groups is 1. The van der Waals surface area contributed by atoms with Crippen molar-refractivity contribution in [3.05, 3.63) is 0 Å².